The number of hydrogen-bond donors (Lipinski definition) is 2. The standard InChI is InChI=1S/C18H18Cl2N2O5S/c1-12-2-5-14(6-3-12)28(25,26)21-9-8-18(24)27-11-17(23)22-16-7-4-13(19)10-15(16)20/h2-7,10,21H,8-9,11H2,1H3,(H,22,23). The summed E-state index contributed by atoms with van der Waals surface area (Å²) in [6.07, 6.45) is -0.222. The Kier molecular flexibility index (Phi) is 7.82. The van der Waals surface area contributed by atoms with Crippen LogP contribution in [0.2, 0.25) is 10.0 Å². The summed E-state index contributed by atoms with van der Waals surface area (Å²) >= 11 is 11.7. The fourth-order valence-electron chi connectivity index (χ4n) is 2.08. The Labute approximate surface area is 173 Å². The normalized spacial score (nSPS) is 11.1. The van der Waals surface area contributed by atoms with Gasteiger partial charge in [0.2, 0.25) is 10.0 Å². The number of carbonyl (C=O) groups is 2. The maximum absolute atomic E-state index is 12.1. The number of carbonyl (C=O) groups excluding carboxylic acids is 2. The van der Waals surface area contributed by atoms with Gasteiger partial charge in [-0.25, -0.2) is 13.1 Å². The van der Waals surface area contributed by atoms with Crippen LogP contribution in [0.3, 0.4) is 0 Å². The molecular weight excluding hydrogens is 427 g/mol. The molecule has 0 saturated carbocycles. The average Bonchev–Trinajstić information content (AvgIpc) is 2.62. The van der Waals surface area contributed by atoms with E-state index in [1.807, 2.05) is 6.92 Å². The van der Waals surface area contributed by atoms with Crippen LogP contribution in [0.4, 0.5) is 5.69 Å². The summed E-state index contributed by atoms with van der Waals surface area (Å²) in [7, 11) is -3.72. The molecule has 0 saturated heterocycles. The van der Waals surface area contributed by atoms with E-state index >= 15 is 0 Å². The molecule has 0 bridgehead atoms. The minimum atomic E-state index is -3.72. The second-order valence-corrected chi connectivity index (χ2v) is 8.40. The number of halogens is 2. The largest absolute Gasteiger partial charge is 0.456 e. The monoisotopic (exact) mass is 444 g/mol. The molecule has 0 aliphatic rings. The predicted molar refractivity (Wildman–Crippen MR) is 107 cm³/mol. The molecule has 0 radical (unpaired) electrons. The van der Waals surface area contributed by atoms with Crippen molar-refractivity contribution in [3.05, 3.63) is 58.1 Å². The number of aryl methyl sites for hydroxylation is 1. The van der Waals surface area contributed by atoms with E-state index in [0.717, 1.165) is 5.56 Å². The van der Waals surface area contributed by atoms with Crippen molar-refractivity contribution in [2.45, 2.75) is 18.2 Å². The number of benzene rings is 2. The molecule has 2 N–H and O–H groups in total. The van der Waals surface area contributed by atoms with E-state index in [1.54, 1.807) is 18.2 Å². The van der Waals surface area contributed by atoms with Gasteiger partial charge in [-0.05, 0) is 37.3 Å². The molecule has 0 spiro atoms. The highest BCUT2D eigenvalue weighted by Gasteiger charge is 2.15. The Hall–Kier alpha value is -2.13. The summed E-state index contributed by atoms with van der Waals surface area (Å²) in [5.41, 5.74) is 1.26. The maximum Gasteiger partial charge on any atom is 0.307 e. The molecule has 0 aliphatic carbocycles. The highest BCUT2D eigenvalue weighted by atomic mass is 35.5. The summed E-state index contributed by atoms with van der Waals surface area (Å²) in [6, 6.07) is 10.8. The molecule has 150 valence electrons. The first-order valence-electron chi connectivity index (χ1n) is 8.14. The van der Waals surface area contributed by atoms with Crippen LogP contribution in [0.5, 0.6) is 0 Å². The number of nitrogens with one attached hydrogen (secondary N) is 2. The highest BCUT2D eigenvalue weighted by Crippen LogP contribution is 2.25. The van der Waals surface area contributed by atoms with Crippen LogP contribution in [0, 0.1) is 6.92 Å². The molecule has 0 aliphatic heterocycles. The zero-order valence-electron chi connectivity index (χ0n) is 14.9. The quantitative estimate of drug-likeness (QED) is 0.608. The van der Waals surface area contributed by atoms with E-state index in [0.29, 0.717) is 10.7 Å². The van der Waals surface area contributed by atoms with Crippen LogP contribution >= 0.6 is 23.2 Å². The molecule has 0 atom stereocenters. The third-order valence-corrected chi connectivity index (χ3v) is 5.55. The number of hydrogen-bond acceptors (Lipinski definition) is 5. The third-order valence-electron chi connectivity index (χ3n) is 3.52. The molecule has 7 nitrogen and oxygen atoms in total. The predicted octanol–water partition coefficient (Wildman–Crippen LogP) is 3.15. The Bertz CT molecular complexity index is 962. The summed E-state index contributed by atoms with van der Waals surface area (Å²) in [6.45, 7) is 1.17. The molecule has 0 unspecified atom stereocenters. The van der Waals surface area contributed by atoms with Gasteiger partial charge in [0, 0.05) is 11.6 Å². The van der Waals surface area contributed by atoms with Gasteiger partial charge in [-0.15, -0.1) is 0 Å². The van der Waals surface area contributed by atoms with Gasteiger partial charge in [0.15, 0.2) is 6.61 Å². The fourth-order valence-corrected chi connectivity index (χ4v) is 3.57. The lowest BCUT2D eigenvalue weighted by Crippen LogP contribution is -2.28. The second-order valence-electron chi connectivity index (χ2n) is 5.79. The lowest BCUT2D eigenvalue weighted by atomic mass is 10.2. The van der Waals surface area contributed by atoms with Crippen LogP contribution in [0.1, 0.15) is 12.0 Å². The lowest BCUT2D eigenvalue weighted by Gasteiger charge is -2.09. The van der Waals surface area contributed by atoms with E-state index < -0.39 is 28.5 Å². The molecule has 10 heteroatoms. The molecule has 2 aromatic carbocycles. The van der Waals surface area contributed by atoms with Gasteiger partial charge < -0.3 is 10.1 Å². The first kappa shape index (κ1) is 22.2. The van der Waals surface area contributed by atoms with Gasteiger partial charge in [-0.2, -0.15) is 0 Å². The van der Waals surface area contributed by atoms with E-state index in [2.05, 4.69) is 10.0 Å². The summed E-state index contributed by atoms with van der Waals surface area (Å²) in [4.78, 5) is 23.6. The first-order valence-corrected chi connectivity index (χ1v) is 10.4. The summed E-state index contributed by atoms with van der Waals surface area (Å²) in [5.74, 6) is -1.30. The van der Waals surface area contributed by atoms with Crippen LogP contribution in [-0.2, 0) is 24.3 Å². The highest BCUT2D eigenvalue weighted by molar-refractivity contribution is 7.89. The van der Waals surface area contributed by atoms with E-state index in [1.165, 1.54) is 24.3 Å². The molecule has 1 amide bonds. The van der Waals surface area contributed by atoms with Gasteiger partial charge >= 0.3 is 5.97 Å². The number of anilines is 1. The molecule has 0 heterocycles. The van der Waals surface area contributed by atoms with Gasteiger partial charge in [0.1, 0.15) is 0 Å². The average molecular weight is 445 g/mol. The topological polar surface area (TPSA) is 102 Å². The van der Waals surface area contributed by atoms with E-state index in [-0.39, 0.29) is 22.9 Å². The zero-order valence-corrected chi connectivity index (χ0v) is 17.2. The fraction of sp³-hybridized carbons (Fsp3) is 0.222. The van der Waals surface area contributed by atoms with Gasteiger partial charge in [0.25, 0.3) is 5.91 Å². The summed E-state index contributed by atoms with van der Waals surface area (Å²) in [5, 5.41) is 3.15. The molecule has 0 fully saturated rings. The van der Waals surface area contributed by atoms with Gasteiger partial charge in [-0.1, -0.05) is 40.9 Å². The maximum atomic E-state index is 12.1. The molecule has 28 heavy (non-hydrogen) atoms. The van der Waals surface area contributed by atoms with E-state index in [9.17, 15) is 18.0 Å². The second kappa shape index (κ2) is 9.88. The van der Waals surface area contributed by atoms with Crippen molar-refractivity contribution in [2.75, 3.05) is 18.5 Å². The number of amides is 1. The number of ether oxygens (including phenoxy) is 1. The summed E-state index contributed by atoms with van der Waals surface area (Å²) < 4.78 is 31.3. The molecular formula is C18H18Cl2N2O5S. The van der Waals surface area contributed by atoms with Crippen molar-refractivity contribution in [1.82, 2.24) is 4.72 Å². The Morgan fingerprint density at radius 1 is 1.07 bits per heavy atom. The van der Waals surface area contributed by atoms with Crippen molar-refractivity contribution < 1.29 is 22.7 Å². The van der Waals surface area contributed by atoms with Crippen molar-refractivity contribution in [3.8, 4) is 0 Å². The Morgan fingerprint density at radius 3 is 2.39 bits per heavy atom. The molecule has 0 aromatic heterocycles. The SMILES string of the molecule is Cc1ccc(S(=O)(=O)NCCC(=O)OCC(=O)Nc2ccc(Cl)cc2Cl)cc1. The first-order chi connectivity index (χ1) is 13.2. The van der Waals surface area contributed by atoms with Gasteiger partial charge in [-0.3, -0.25) is 9.59 Å². The third kappa shape index (κ3) is 6.79. The number of esters is 1. The van der Waals surface area contributed by atoms with E-state index in [4.69, 9.17) is 27.9 Å². The van der Waals surface area contributed by atoms with Crippen LogP contribution in [0.15, 0.2) is 47.4 Å². The lowest BCUT2D eigenvalue weighted by molar-refractivity contribution is -0.147. The van der Waals surface area contributed by atoms with Crippen LogP contribution in [0.25, 0.3) is 0 Å². The van der Waals surface area contributed by atoms with Crippen LogP contribution in [-0.4, -0.2) is 33.4 Å². The van der Waals surface area contributed by atoms with Crippen molar-refractivity contribution >= 4 is 50.8 Å². The van der Waals surface area contributed by atoms with Gasteiger partial charge in [0.05, 0.1) is 22.0 Å². The Morgan fingerprint density at radius 2 is 1.75 bits per heavy atom. The zero-order chi connectivity index (χ0) is 20.7. The minimum absolute atomic E-state index is 0.102. The minimum Gasteiger partial charge on any atom is -0.456 e. The van der Waals surface area contributed by atoms with Crippen molar-refractivity contribution in [1.29, 1.82) is 0 Å². The van der Waals surface area contributed by atoms with Crippen molar-refractivity contribution in [3.63, 3.8) is 0 Å². The van der Waals surface area contributed by atoms with Crippen LogP contribution < -0.4 is 10.0 Å². The Balaban J connectivity index is 1.75. The molecule has 2 aromatic rings. The van der Waals surface area contributed by atoms with Crippen molar-refractivity contribution in [2.24, 2.45) is 0 Å². The smallest absolute Gasteiger partial charge is 0.307 e. The number of rotatable bonds is 8. The number of sulfonamides is 1. The molecule has 2 rings (SSSR count).